The third kappa shape index (κ3) is 4.35. The van der Waals surface area contributed by atoms with E-state index in [0.717, 1.165) is 22.4 Å². The van der Waals surface area contributed by atoms with Gasteiger partial charge >= 0.3 is 0 Å². The lowest BCUT2D eigenvalue weighted by atomic mass is 10.1. The molecule has 0 bridgehead atoms. The van der Waals surface area contributed by atoms with Crippen molar-refractivity contribution in [2.75, 3.05) is 0 Å². The Kier molecular flexibility index (Phi) is 5.83. The van der Waals surface area contributed by atoms with E-state index >= 15 is 0 Å². The minimum Gasteiger partial charge on any atom is -0.380 e. The van der Waals surface area contributed by atoms with Crippen LogP contribution in [-0.2, 0) is 22.7 Å². The Labute approximate surface area is 179 Å². The molecule has 2 heterocycles. The van der Waals surface area contributed by atoms with Crippen LogP contribution in [0.5, 0.6) is 0 Å². The maximum absolute atomic E-state index is 12.6. The number of carbonyl (C=O) groups excluding carboxylic acids is 2. The fourth-order valence-electron chi connectivity index (χ4n) is 3.67. The molecule has 0 saturated heterocycles. The summed E-state index contributed by atoms with van der Waals surface area (Å²) in [5.74, 6) is -1.48. The van der Waals surface area contributed by atoms with Crippen molar-refractivity contribution in [2.24, 2.45) is 0 Å². The van der Waals surface area contributed by atoms with Crippen LogP contribution < -0.4 is 5.32 Å². The second kappa shape index (κ2) is 8.71. The van der Waals surface area contributed by atoms with Crippen LogP contribution in [-0.4, -0.2) is 48.9 Å². The summed E-state index contributed by atoms with van der Waals surface area (Å²) in [6, 6.07) is 16.4. The maximum atomic E-state index is 12.6. The van der Waals surface area contributed by atoms with Gasteiger partial charge in [-0.25, -0.2) is 4.68 Å². The number of hydrogen-bond donors (Lipinski definition) is 3. The summed E-state index contributed by atoms with van der Waals surface area (Å²) < 4.78 is 1.72. The fourth-order valence-corrected chi connectivity index (χ4v) is 3.67. The van der Waals surface area contributed by atoms with Crippen LogP contribution in [0.4, 0.5) is 0 Å². The molecule has 4 rings (SSSR count). The Morgan fingerprint density at radius 2 is 1.61 bits per heavy atom. The zero-order valence-corrected chi connectivity index (χ0v) is 17.0. The standard InChI is InChI=1S/C23H24N4O4/c1-15(16-7-9-19(10-8-16)27-12-4-11-24-27)25-22(30)20(28)21(29)23(31)26-13-17-5-2-3-6-18(17)14-26/h2-12,15,20-21,28-29H,13-14H2,1H3,(H,25,30)/t15-,20-,21-/m1/s1. The molecule has 31 heavy (non-hydrogen) atoms. The number of benzene rings is 2. The van der Waals surface area contributed by atoms with Gasteiger partial charge in [-0.15, -0.1) is 0 Å². The zero-order chi connectivity index (χ0) is 22.0. The quantitative estimate of drug-likeness (QED) is 0.557. The monoisotopic (exact) mass is 420 g/mol. The predicted molar refractivity (Wildman–Crippen MR) is 113 cm³/mol. The van der Waals surface area contributed by atoms with Crippen LogP contribution in [0.25, 0.3) is 5.69 Å². The van der Waals surface area contributed by atoms with Crippen molar-refractivity contribution in [1.82, 2.24) is 20.0 Å². The second-order valence-electron chi connectivity index (χ2n) is 7.63. The maximum Gasteiger partial charge on any atom is 0.255 e. The zero-order valence-electron chi connectivity index (χ0n) is 17.0. The molecular weight excluding hydrogens is 396 g/mol. The van der Waals surface area contributed by atoms with E-state index in [9.17, 15) is 19.8 Å². The summed E-state index contributed by atoms with van der Waals surface area (Å²) in [6.45, 7) is 2.46. The molecule has 8 nitrogen and oxygen atoms in total. The molecule has 0 radical (unpaired) electrons. The second-order valence-corrected chi connectivity index (χ2v) is 7.63. The van der Waals surface area contributed by atoms with E-state index in [0.29, 0.717) is 13.1 Å². The Hall–Kier alpha value is -3.49. The average molecular weight is 420 g/mol. The molecule has 0 aliphatic carbocycles. The Balaban J connectivity index is 1.35. The number of nitrogens with zero attached hydrogens (tertiary/aromatic N) is 3. The molecular formula is C23H24N4O4. The van der Waals surface area contributed by atoms with E-state index in [1.54, 1.807) is 17.8 Å². The number of amides is 2. The van der Waals surface area contributed by atoms with E-state index in [4.69, 9.17) is 0 Å². The van der Waals surface area contributed by atoms with Crippen molar-refractivity contribution < 1.29 is 19.8 Å². The first kappa shape index (κ1) is 20.8. The number of nitrogens with one attached hydrogen (secondary N) is 1. The van der Waals surface area contributed by atoms with Crippen molar-refractivity contribution >= 4 is 11.8 Å². The minimum atomic E-state index is -1.86. The fraction of sp³-hybridized carbons (Fsp3) is 0.261. The molecule has 3 aromatic rings. The molecule has 3 N–H and O–H groups in total. The Bertz CT molecular complexity index is 1040. The van der Waals surface area contributed by atoms with Crippen molar-refractivity contribution in [2.45, 2.75) is 38.3 Å². The normalized spacial score (nSPS) is 15.8. The number of rotatable bonds is 6. The average Bonchev–Trinajstić information content (AvgIpc) is 3.47. The van der Waals surface area contributed by atoms with Crippen LogP contribution in [0.2, 0.25) is 0 Å². The Morgan fingerprint density at radius 3 is 2.19 bits per heavy atom. The van der Waals surface area contributed by atoms with Gasteiger partial charge in [-0.3, -0.25) is 9.59 Å². The molecule has 3 atom stereocenters. The number of aliphatic hydroxyl groups excluding tert-OH is 2. The van der Waals surface area contributed by atoms with Gasteiger partial charge in [-0.05, 0) is 41.8 Å². The molecule has 1 aliphatic rings. The van der Waals surface area contributed by atoms with Gasteiger partial charge in [0.15, 0.2) is 12.2 Å². The van der Waals surface area contributed by atoms with Crippen molar-refractivity contribution in [3.63, 3.8) is 0 Å². The van der Waals surface area contributed by atoms with Crippen molar-refractivity contribution in [3.05, 3.63) is 83.7 Å². The van der Waals surface area contributed by atoms with Gasteiger partial charge in [0.25, 0.3) is 11.8 Å². The highest BCUT2D eigenvalue weighted by molar-refractivity contribution is 5.91. The number of hydrogen-bond acceptors (Lipinski definition) is 5. The number of carbonyl (C=O) groups is 2. The van der Waals surface area contributed by atoms with Crippen LogP contribution >= 0.6 is 0 Å². The van der Waals surface area contributed by atoms with Gasteiger partial charge in [0, 0.05) is 25.5 Å². The third-order valence-electron chi connectivity index (χ3n) is 5.49. The number of fused-ring (bicyclic) bond motifs is 1. The summed E-state index contributed by atoms with van der Waals surface area (Å²) in [5.41, 5.74) is 3.68. The van der Waals surface area contributed by atoms with Crippen LogP contribution in [0, 0.1) is 0 Å². The van der Waals surface area contributed by atoms with Crippen LogP contribution in [0.3, 0.4) is 0 Å². The summed E-state index contributed by atoms with van der Waals surface area (Å²) in [7, 11) is 0. The predicted octanol–water partition coefficient (Wildman–Crippen LogP) is 1.31. The number of aromatic nitrogens is 2. The minimum absolute atomic E-state index is 0.347. The topological polar surface area (TPSA) is 108 Å². The van der Waals surface area contributed by atoms with E-state index < -0.39 is 30.1 Å². The number of aliphatic hydroxyl groups is 2. The largest absolute Gasteiger partial charge is 0.380 e. The summed E-state index contributed by atoms with van der Waals surface area (Å²) >= 11 is 0. The first-order chi connectivity index (χ1) is 14.9. The highest BCUT2D eigenvalue weighted by Gasteiger charge is 2.35. The van der Waals surface area contributed by atoms with Gasteiger partial charge in [-0.1, -0.05) is 36.4 Å². The molecule has 2 amide bonds. The molecule has 1 aliphatic heterocycles. The highest BCUT2D eigenvalue weighted by atomic mass is 16.3. The lowest BCUT2D eigenvalue weighted by molar-refractivity contribution is -0.153. The SMILES string of the molecule is C[C@@H](NC(=O)[C@H](O)[C@@H](O)C(=O)N1Cc2ccccc2C1)c1ccc(-n2cccn2)cc1. The molecule has 0 spiro atoms. The molecule has 8 heteroatoms. The van der Waals surface area contributed by atoms with Crippen LogP contribution in [0.15, 0.2) is 67.0 Å². The first-order valence-electron chi connectivity index (χ1n) is 10.1. The summed E-state index contributed by atoms with van der Waals surface area (Å²) in [4.78, 5) is 26.5. The molecule has 1 aromatic heterocycles. The molecule has 2 aromatic carbocycles. The highest BCUT2D eigenvalue weighted by Crippen LogP contribution is 2.23. The van der Waals surface area contributed by atoms with Gasteiger partial charge in [0.2, 0.25) is 0 Å². The van der Waals surface area contributed by atoms with Gasteiger partial charge in [-0.2, -0.15) is 5.10 Å². The van der Waals surface area contributed by atoms with Gasteiger partial charge in [0.05, 0.1) is 11.7 Å². The third-order valence-corrected chi connectivity index (χ3v) is 5.49. The smallest absolute Gasteiger partial charge is 0.255 e. The molecule has 0 saturated carbocycles. The molecule has 160 valence electrons. The summed E-state index contributed by atoms with van der Waals surface area (Å²) in [5, 5.41) is 27.4. The van der Waals surface area contributed by atoms with Gasteiger partial charge < -0.3 is 20.4 Å². The van der Waals surface area contributed by atoms with Crippen LogP contribution in [0.1, 0.15) is 29.7 Å². The lowest BCUT2D eigenvalue weighted by Crippen LogP contribution is -2.50. The molecule has 0 unspecified atom stereocenters. The summed E-state index contributed by atoms with van der Waals surface area (Å²) in [6.07, 6.45) is -0.176. The molecule has 0 fully saturated rings. The van der Waals surface area contributed by atoms with Crippen molar-refractivity contribution in [1.29, 1.82) is 0 Å². The van der Waals surface area contributed by atoms with E-state index in [2.05, 4.69) is 10.4 Å². The van der Waals surface area contributed by atoms with Gasteiger partial charge in [0.1, 0.15) is 0 Å². The first-order valence-corrected chi connectivity index (χ1v) is 10.1. The van der Waals surface area contributed by atoms with E-state index in [1.165, 1.54) is 4.90 Å². The lowest BCUT2D eigenvalue weighted by Gasteiger charge is -2.24. The van der Waals surface area contributed by atoms with E-state index in [1.807, 2.05) is 60.8 Å². The van der Waals surface area contributed by atoms with E-state index in [-0.39, 0.29) is 0 Å². The van der Waals surface area contributed by atoms with Crippen molar-refractivity contribution in [3.8, 4) is 5.69 Å². The Morgan fingerprint density at radius 1 is 0.968 bits per heavy atom.